The molecule has 1 saturated heterocycles. The molecule has 1 aliphatic heterocycles. The van der Waals surface area contributed by atoms with Gasteiger partial charge in [-0.05, 0) is 27.7 Å². The van der Waals surface area contributed by atoms with E-state index in [4.69, 9.17) is 15.2 Å². The maximum absolute atomic E-state index is 11.9. The van der Waals surface area contributed by atoms with Crippen LogP contribution in [-0.2, 0) is 9.47 Å². The average molecular weight is 260 g/mol. The van der Waals surface area contributed by atoms with E-state index in [1.165, 1.54) is 0 Å². The first-order chi connectivity index (χ1) is 8.15. The Bertz CT molecular complexity index is 299. The molecule has 6 nitrogen and oxygen atoms in total. The summed E-state index contributed by atoms with van der Waals surface area (Å²) in [6.45, 7) is 8.19. The van der Waals surface area contributed by atoms with E-state index in [1.54, 1.807) is 11.8 Å². The van der Waals surface area contributed by atoms with Gasteiger partial charge in [0.1, 0.15) is 5.60 Å². The molecule has 1 rings (SSSR count). The summed E-state index contributed by atoms with van der Waals surface area (Å²) < 4.78 is 10.8. The van der Waals surface area contributed by atoms with E-state index in [0.29, 0.717) is 19.7 Å². The van der Waals surface area contributed by atoms with E-state index in [0.717, 1.165) is 0 Å². The van der Waals surface area contributed by atoms with Crippen LogP contribution in [0.3, 0.4) is 0 Å². The van der Waals surface area contributed by atoms with E-state index in [9.17, 15) is 9.90 Å². The van der Waals surface area contributed by atoms with Crippen LogP contribution in [0.15, 0.2) is 0 Å². The van der Waals surface area contributed by atoms with Gasteiger partial charge in [-0.1, -0.05) is 0 Å². The lowest BCUT2D eigenvalue weighted by Gasteiger charge is -2.40. The number of ether oxygens (including phenoxy) is 2. The number of nitrogens with zero attached hydrogens (tertiary/aromatic N) is 1. The van der Waals surface area contributed by atoms with Crippen molar-refractivity contribution in [2.24, 2.45) is 5.73 Å². The molecular formula is C12H24N2O4. The predicted octanol–water partition coefficient (Wildman–Crippen LogP) is 0.332. The van der Waals surface area contributed by atoms with Crippen molar-refractivity contribution in [3.8, 4) is 0 Å². The van der Waals surface area contributed by atoms with Gasteiger partial charge < -0.3 is 25.2 Å². The minimum Gasteiger partial charge on any atom is -0.444 e. The van der Waals surface area contributed by atoms with Gasteiger partial charge >= 0.3 is 6.09 Å². The van der Waals surface area contributed by atoms with Crippen LogP contribution in [-0.4, -0.2) is 59.6 Å². The van der Waals surface area contributed by atoms with Gasteiger partial charge in [-0.15, -0.1) is 0 Å². The van der Waals surface area contributed by atoms with Crippen molar-refractivity contribution in [3.63, 3.8) is 0 Å². The van der Waals surface area contributed by atoms with Gasteiger partial charge in [-0.3, -0.25) is 0 Å². The summed E-state index contributed by atoms with van der Waals surface area (Å²) in [6.07, 6.45) is -0.756. The zero-order chi connectivity index (χ0) is 14.0. The highest BCUT2D eigenvalue weighted by molar-refractivity contribution is 5.68. The third-order valence-corrected chi connectivity index (χ3v) is 2.79. The Kier molecular flexibility index (Phi) is 4.58. The SMILES string of the molecule is CC(C)(C)OC(=O)N1CCOC(C(C)(N)CO)C1. The number of amides is 1. The molecule has 18 heavy (non-hydrogen) atoms. The Morgan fingerprint density at radius 2 is 2.11 bits per heavy atom. The van der Waals surface area contributed by atoms with Crippen LogP contribution in [0.2, 0.25) is 0 Å². The number of hydrogen-bond donors (Lipinski definition) is 2. The number of nitrogens with two attached hydrogens (primary N) is 1. The van der Waals surface area contributed by atoms with Gasteiger partial charge in [0.25, 0.3) is 0 Å². The lowest BCUT2D eigenvalue weighted by molar-refractivity contribution is -0.0766. The van der Waals surface area contributed by atoms with Crippen molar-refractivity contribution in [1.29, 1.82) is 0 Å². The fraction of sp³-hybridized carbons (Fsp3) is 0.917. The number of carbonyl (C=O) groups is 1. The molecular weight excluding hydrogens is 236 g/mol. The van der Waals surface area contributed by atoms with Crippen molar-refractivity contribution in [2.75, 3.05) is 26.3 Å². The molecule has 1 amide bonds. The Morgan fingerprint density at radius 3 is 2.61 bits per heavy atom. The highest BCUT2D eigenvalue weighted by atomic mass is 16.6. The first-order valence-corrected chi connectivity index (χ1v) is 6.15. The van der Waals surface area contributed by atoms with Gasteiger partial charge in [0, 0.05) is 6.54 Å². The van der Waals surface area contributed by atoms with Crippen LogP contribution in [0.4, 0.5) is 4.79 Å². The molecule has 2 atom stereocenters. The Hall–Kier alpha value is -0.850. The second kappa shape index (κ2) is 5.42. The molecule has 0 saturated carbocycles. The molecule has 2 unspecified atom stereocenters. The third-order valence-electron chi connectivity index (χ3n) is 2.79. The van der Waals surface area contributed by atoms with E-state index in [1.807, 2.05) is 20.8 Å². The van der Waals surface area contributed by atoms with Crippen LogP contribution in [0.5, 0.6) is 0 Å². The largest absolute Gasteiger partial charge is 0.444 e. The van der Waals surface area contributed by atoms with E-state index >= 15 is 0 Å². The molecule has 0 bridgehead atoms. The molecule has 0 aromatic carbocycles. The number of aliphatic hydroxyl groups is 1. The second-order valence-electron chi connectivity index (χ2n) is 5.95. The van der Waals surface area contributed by atoms with Crippen LogP contribution in [0.25, 0.3) is 0 Å². The summed E-state index contributed by atoms with van der Waals surface area (Å²) in [5.74, 6) is 0. The first kappa shape index (κ1) is 15.2. The Morgan fingerprint density at radius 1 is 1.50 bits per heavy atom. The van der Waals surface area contributed by atoms with Crippen LogP contribution >= 0.6 is 0 Å². The monoisotopic (exact) mass is 260 g/mol. The third kappa shape index (κ3) is 4.12. The maximum atomic E-state index is 11.9. The molecule has 0 radical (unpaired) electrons. The normalized spacial score (nSPS) is 24.6. The predicted molar refractivity (Wildman–Crippen MR) is 67.2 cm³/mol. The molecule has 106 valence electrons. The van der Waals surface area contributed by atoms with Gasteiger partial charge in [-0.2, -0.15) is 0 Å². The minimum atomic E-state index is -0.860. The van der Waals surface area contributed by atoms with E-state index < -0.39 is 11.1 Å². The van der Waals surface area contributed by atoms with Crippen LogP contribution in [0, 0.1) is 0 Å². The van der Waals surface area contributed by atoms with Crippen LogP contribution in [0.1, 0.15) is 27.7 Å². The first-order valence-electron chi connectivity index (χ1n) is 6.15. The summed E-state index contributed by atoms with van der Waals surface area (Å²) >= 11 is 0. The molecule has 1 heterocycles. The zero-order valence-corrected chi connectivity index (χ0v) is 11.6. The van der Waals surface area contributed by atoms with Crippen molar-refractivity contribution in [1.82, 2.24) is 4.90 Å². The number of hydrogen-bond acceptors (Lipinski definition) is 5. The van der Waals surface area contributed by atoms with Crippen molar-refractivity contribution >= 4 is 6.09 Å². The number of rotatable bonds is 2. The molecule has 1 aliphatic rings. The number of aliphatic hydroxyl groups excluding tert-OH is 1. The molecule has 0 aliphatic carbocycles. The maximum Gasteiger partial charge on any atom is 0.410 e. The summed E-state index contributed by atoms with van der Waals surface area (Å²) in [7, 11) is 0. The van der Waals surface area contributed by atoms with Gasteiger partial charge in [-0.25, -0.2) is 4.79 Å². The molecule has 3 N–H and O–H groups in total. The zero-order valence-electron chi connectivity index (χ0n) is 11.6. The average Bonchev–Trinajstić information content (AvgIpc) is 2.27. The van der Waals surface area contributed by atoms with E-state index in [2.05, 4.69) is 0 Å². The van der Waals surface area contributed by atoms with Crippen molar-refractivity contribution in [3.05, 3.63) is 0 Å². The highest BCUT2D eigenvalue weighted by Crippen LogP contribution is 2.18. The summed E-state index contributed by atoms with van der Waals surface area (Å²) in [4.78, 5) is 13.5. The standard InChI is InChI=1S/C12H24N2O4/c1-11(2,3)18-10(16)14-5-6-17-9(7-14)12(4,13)8-15/h9,15H,5-8,13H2,1-4H3. The van der Waals surface area contributed by atoms with Crippen molar-refractivity contribution in [2.45, 2.75) is 44.9 Å². The molecule has 1 fully saturated rings. The summed E-state index contributed by atoms with van der Waals surface area (Å²) in [5, 5.41) is 9.22. The smallest absolute Gasteiger partial charge is 0.410 e. The molecule has 0 aromatic rings. The van der Waals surface area contributed by atoms with Gasteiger partial charge in [0.15, 0.2) is 0 Å². The Balaban J connectivity index is 2.61. The highest BCUT2D eigenvalue weighted by Gasteiger charge is 2.37. The van der Waals surface area contributed by atoms with Crippen LogP contribution < -0.4 is 5.73 Å². The molecule has 0 spiro atoms. The quantitative estimate of drug-likeness (QED) is 0.747. The topological polar surface area (TPSA) is 85.0 Å². The lowest BCUT2D eigenvalue weighted by Crippen LogP contribution is -2.60. The number of morpholine rings is 1. The summed E-state index contributed by atoms with van der Waals surface area (Å²) in [5.41, 5.74) is 4.55. The minimum absolute atomic E-state index is 0.195. The fourth-order valence-corrected chi connectivity index (χ4v) is 1.64. The number of carbonyl (C=O) groups excluding carboxylic acids is 1. The van der Waals surface area contributed by atoms with E-state index in [-0.39, 0.29) is 18.8 Å². The molecule has 6 heteroatoms. The fourth-order valence-electron chi connectivity index (χ4n) is 1.64. The second-order valence-corrected chi connectivity index (χ2v) is 5.95. The van der Waals surface area contributed by atoms with Gasteiger partial charge in [0.2, 0.25) is 0 Å². The lowest BCUT2D eigenvalue weighted by atomic mass is 9.96. The Labute approximate surface area is 108 Å². The van der Waals surface area contributed by atoms with Gasteiger partial charge in [0.05, 0.1) is 31.4 Å². The van der Waals surface area contributed by atoms with Crippen molar-refractivity contribution < 1.29 is 19.4 Å². The summed E-state index contributed by atoms with van der Waals surface area (Å²) in [6, 6.07) is 0. The molecule has 0 aromatic heterocycles.